The zero-order chi connectivity index (χ0) is 45.5. The fourth-order valence-corrected chi connectivity index (χ4v) is 8.81. The quantitative estimate of drug-likeness (QED) is 0.0876. The second-order valence-corrected chi connectivity index (χ2v) is 17.1. The third-order valence-corrected chi connectivity index (χ3v) is 12.2. The van der Waals surface area contributed by atoms with Crippen LogP contribution in [0, 0.1) is 0 Å². The van der Waals surface area contributed by atoms with Crippen LogP contribution in [0.25, 0.3) is 0 Å². The smallest absolute Gasteiger partial charge is 0.187 e. The van der Waals surface area contributed by atoms with E-state index in [9.17, 15) is 0 Å². The van der Waals surface area contributed by atoms with Gasteiger partial charge in [-0.05, 0) is 38.9 Å². The van der Waals surface area contributed by atoms with Crippen molar-refractivity contribution in [1.29, 1.82) is 0 Å². The van der Waals surface area contributed by atoms with E-state index in [0.29, 0.717) is 19.8 Å². The van der Waals surface area contributed by atoms with Gasteiger partial charge in [-0.25, -0.2) is 0 Å². The third kappa shape index (κ3) is 12.9. The maximum Gasteiger partial charge on any atom is 0.187 e. The van der Waals surface area contributed by atoms with E-state index in [4.69, 9.17) is 52.1 Å². The second kappa shape index (κ2) is 24.2. The summed E-state index contributed by atoms with van der Waals surface area (Å²) >= 11 is 0. The van der Waals surface area contributed by atoms with Gasteiger partial charge in [0, 0.05) is 7.11 Å². The molecule has 0 saturated carbocycles. The third-order valence-electron chi connectivity index (χ3n) is 12.2. The van der Waals surface area contributed by atoms with Crippen molar-refractivity contribution >= 4 is 0 Å². The molecule has 9 rings (SSSR count). The molecule has 3 aliphatic rings. The van der Waals surface area contributed by atoms with Gasteiger partial charge in [-0.15, -0.1) is 0 Å². The highest BCUT2D eigenvalue weighted by molar-refractivity contribution is 5.23. The minimum absolute atomic E-state index is 0.145. The average Bonchev–Trinajstić information content (AvgIpc) is 3.38. The standard InChI is InChI=1S/C56H60O11/c1-57-55-53(63-35-43-24-13-5-14-25-43)52-50(48(65-55)39-58-31-40-18-7-2-8-19-40)67-56-54(64-36-44-26-15-6-16-27-44)51(61-34-42-22-11-4-12-23-42)49(60-33-41-20-9-3-10-21-41)47(66-56)38-59-32-45-28-17-29-46(30-45)37-62-52/h2-30,47-56H,31-39H2,1H3/t47-,48-,49-,50-,51+,52+,53-,54-,55+,56-/m1/s1. The summed E-state index contributed by atoms with van der Waals surface area (Å²) in [6, 6.07) is 58.5. The Kier molecular flexibility index (Phi) is 17.0. The van der Waals surface area contributed by atoms with Crippen LogP contribution in [0.15, 0.2) is 176 Å². The van der Waals surface area contributed by atoms with Crippen molar-refractivity contribution in [2.45, 2.75) is 108 Å². The van der Waals surface area contributed by atoms with Crippen LogP contribution in [0.2, 0.25) is 0 Å². The number of hydrogen-bond donors (Lipinski definition) is 0. The van der Waals surface area contributed by atoms with Crippen LogP contribution in [0.1, 0.15) is 38.9 Å². The molecule has 10 atom stereocenters. The van der Waals surface area contributed by atoms with Gasteiger partial charge in [0.15, 0.2) is 12.6 Å². The molecule has 0 aliphatic carbocycles. The highest BCUT2D eigenvalue weighted by atomic mass is 16.8. The Morgan fingerprint density at radius 3 is 1.46 bits per heavy atom. The van der Waals surface area contributed by atoms with Gasteiger partial charge < -0.3 is 52.1 Å². The SMILES string of the molecule is CO[C@H]1O[C@H](COCc2ccccc2)[C@H]2O[C@H]3O[C@H](COCc4cccc(c4)CO[C@@H]2[C@H]1OCc1ccccc1)[C@@H](OCc1ccccc1)[C@H](OCc1ccccc1)[C@H]3OCc1ccccc1. The lowest BCUT2D eigenvalue weighted by Gasteiger charge is -2.50. The molecule has 0 amide bonds. The summed E-state index contributed by atoms with van der Waals surface area (Å²) in [7, 11) is 1.62. The van der Waals surface area contributed by atoms with Crippen molar-refractivity contribution in [1.82, 2.24) is 0 Å². The van der Waals surface area contributed by atoms with E-state index in [0.717, 1.165) is 38.9 Å². The number of ether oxygens (including phenoxy) is 11. The van der Waals surface area contributed by atoms with E-state index in [1.807, 2.05) is 164 Å². The predicted octanol–water partition coefficient (Wildman–Crippen LogP) is 9.14. The summed E-state index contributed by atoms with van der Waals surface area (Å²) in [6.45, 7) is 2.39. The first kappa shape index (κ1) is 47.0. The van der Waals surface area contributed by atoms with Gasteiger partial charge in [0.1, 0.15) is 48.8 Å². The second-order valence-electron chi connectivity index (χ2n) is 17.1. The Hall–Kier alpha value is -5.12. The van der Waals surface area contributed by atoms with E-state index in [-0.39, 0.29) is 39.6 Å². The summed E-state index contributed by atoms with van der Waals surface area (Å²) in [4.78, 5) is 0. The Labute approximate surface area is 393 Å². The molecule has 3 aliphatic heterocycles. The molecule has 0 unspecified atom stereocenters. The molecular formula is C56H60O11. The summed E-state index contributed by atoms with van der Waals surface area (Å²) in [5.41, 5.74) is 6.96. The fourth-order valence-electron chi connectivity index (χ4n) is 8.81. The Morgan fingerprint density at radius 1 is 0.448 bits per heavy atom. The van der Waals surface area contributed by atoms with Gasteiger partial charge in [-0.2, -0.15) is 0 Å². The fraction of sp³-hybridized carbons (Fsp3) is 0.357. The number of rotatable bonds is 17. The van der Waals surface area contributed by atoms with E-state index in [2.05, 4.69) is 12.1 Å². The summed E-state index contributed by atoms with van der Waals surface area (Å²) in [5, 5.41) is 0. The van der Waals surface area contributed by atoms with Crippen LogP contribution >= 0.6 is 0 Å². The van der Waals surface area contributed by atoms with Crippen LogP contribution < -0.4 is 0 Å². The van der Waals surface area contributed by atoms with Gasteiger partial charge in [-0.1, -0.05) is 176 Å². The first-order valence-electron chi connectivity index (χ1n) is 23.2. The van der Waals surface area contributed by atoms with Crippen LogP contribution in [-0.2, 0) is 98.4 Å². The van der Waals surface area contributed by atoms with Crippen molar-refractivity contribution < 1.29 is 52.1 Å². The van der Waals surface area contributed by atoms with Crippen LogP contribution in [0.3, 0.4) is 0 Å². The number of methoxy groups -OCH3 is 1. The molecular weight excluding hydrogens is 849 g/mol. The Balaban J connectivity index is 1.12. The van der Waals surface area contributed by atoms with Crippen LogP contribution in [0.5, 0.6) is 0 Å². The van der Waals surface area contributed by atoms with Crippen molar-refractivity contribution in [3.63, 3.8) is 0 Å². The largest absolute Gasteiger partial charge is 0.374 e. The molecule has 2 fully saturated rings. The lowest BCUT2D eigenvalue weighted by Crippen LogP contribution is -2.66. The van der Waals surface area contributed by atoms with Crippen molar-refractivity contribution in [2.24, 2.45) is 0 Å². The van der Waals surface area contributed by atoms with Crippen molar-refractivity contribution in [2.75, 3.05) is 20.3 Å². The van der Waals surface area contributed by atoms with Crippen molar-refractivity contribution in [3.8, 4) is 0 Å². The maximum atomic E-state index is 7.41. The number of benzene rings is 6. The van der Waals surface area contributed by atoms with Gasteiger partial charge in [0.05, 0.1) is 59.5 Å². The molecule has 11 heteroatoms. The predicted molar refractivity (Wildman–Crippen MR) is 250 cm³/mol. The molecule has 0 N–H and O–H groups in total. The normalized spacial score (nSPS) is 26.5. The molecule has 0 spiro atoms. The molecule has 3 heterocycles. The molecule has 0 aromatic heterocycles. The van der Waals surface area contributed by atoms with Crippen LogP contribution in [0.4, 0.5) is 0 Å². The minimum Gasteiger partial charge on any atom is -0.374 e. The van der Waals surface area contributed by atoms with Gasteiger partial charge in [0.25, 0.3) is 0 Å². The molecule has 11 nitrogen and oxygen atoms in total. The van der Waals surface area contributed by atoms with Gasteiger partial charge in [0.2, 0.25) is 0 Å². The van der Waals surface area contributed by atoms with E-state index >= 15 is 0 Å². The number of fused-ring (bicyclic) bond motifs is 5. The summed E-state index contributed by atoms with van der Waals surface area (Å²) in [5.74, 6) is 0. The Morgan fingerprint density at radius 2 is 0.925 bits per heavy atom. The topological polar surface area (TPSA) is 102 Å². The highest BCUT2D eigenvalue weighted by Crippen LogP contribution is 2.37. The van der Waals surface area contributed by atoms with E-state index in [1.54, 1.807) is 7.11 Å². The number of hydrogen-bond acceptors (Lipinski definition) is 11. The highest BCUT2D eigenvalue weighted by Gasteiger charge is 2.54. The molecule has 6 aromatic rings. The lowest BCUT2D eigenvalue weighted by molar-refractivity contribution is -0.376. The average molecular weight is 909 g/mol. The molecule has 350 valence electrons. The van der Waals surface area contributed by atoms with Crippen LogP contribution in [-0.4, -0.2) is 81.7 Å². The monoisotopic (exact) mass is 908 g/mol. The minimum atomic E-state index is -1.04. The zero-order valence-electron chi connectivity index (χ0n) is 37.9. The zero-order valence-corrected chi connectivity index (χ0v) is 37.9. The maximum absolute atomic E-state index is 7.41. The molecule has 0 radical (unpaired) electrons. The molecule has 67 heavy (non-hydrogen) atoms. The van der Waals surface area contributed by atoms with Crippen molar-refractivity contribution in [3.05, 3.63) is 215 Å². The summed E-state index contributed by atoms with van der Waals surface area (Å²) < 4.78 is 75.3. The van der Waals surface area contributed by atoms with Gasteiger partial charge in [-0.3, -0.25) is 0 Å². The lowest BCUT2D eigenvalue weighted by atomic mass is 9.95. The van der Waals surface area contributed by atoms with Gasteiger partial charge >= 0.3 is 0 Å². The Bertz CT molecular complexity index is 2320. The first-order valence-corrected chi connectivity index (χ1v) is 23.2. The van der Waals surface area contributed by atoms with E-state index < -0.39 is 61.4 Å². The molecule has 6 aromatic carbocycles. The van der Waals surface area contributed by atoms with E-state index in [1.165, 1.54) is 0 Å². The first-order chi connectivity index (χ1) is 33.2. The summed E-state index contributed by atoms with van der Waals surface area (Å²) in [6.07, 6.45) is -7.74. The molecule has 4 bridgehead atoms. The molecule has 2 saturated heterocycles.